The highest BCUT2D eigenvalue weighted by molar-refractivity contribution is 5.75. The van der Waals surface area contributed by atoms with E-state index in [9.17, 15) is 5.11 Å². The highest BCUT2D eigenvalue weighted by Crippen LogP contribution is 2.41. The molecule has 2 atom stereocenters. The first-order chi connectivity index (χ1) is 11.0. The van der Waals surface area contributed by atoms with Crippen LogP contribution >= 0.6 is 0 Å². The van der Waals surface area contributed by atoms with E-state index in [1.165, 1.54) is 0 Å². The number of benzene rings is 1. The van der Waals surface area contributed by atoms with Crippen LogP contribution in [0.5, 0.6) is 0 Å². The van der Waals surface area contributed by atoms with Gasteiger partial charge in [0.15, 0.2) is 5.65 Å². The van der Waals surface area contributed by atoms with E-state index in [1.807, 2.05) is 38.2 Å². The standard InChI is InChI=1S/C19H21N3O/c1-12-13(2)22-10-9-15-11-19(3,23)17(14-7-5-4-6-8-14)21-16(15)18(22)20-12/h4-10,17,21,23H,11H2,1-3H3/t17-,19+/m1/s1. The van der Waals surface area contributed by atoms with E-state index >= 15 is 0 Å². The Labute approximate surface area is 135 Å². The molecule has 0 radical (unpaired) electrons. The molecule has 1 aromatic carbocycles. The molecule has 4 nitrogen and oxygen atoms in total. The molecule has 4 rings (SSSR count). The van der Waals surface area contributed by atoms with Gasteiger partial charge in [-0.25, -0.2) is 4.98 Å². The van der Waals surface area contributed by atoms with Crippen LogP contribution < -0.4 is 5.32 Å². The summed E-state index contributed by atoms with van der Waals surface area (Å²) in [6, 6.07) is 12.0. The fourth-order valence-electron chi connectivity index (χ4n) is 3.56. The van der Waals surface area contributed by atoms with Gasteiger partial charge in [-0.1, -0.05) is 30.3 Å². The average molecular weight is 307 g/mol. The fourth-order valence-corrected chi connectivity index (χ4v) is 3.56. The third-order valence-electron chi connectivity index (χ3n) is 4.95. The largest absolute Gasteiger partial charge is 0.387 e. The van der Waals surface area contributed by atoms with Gasteiger partial charge in [0, 0.05) is 18.3 Å². The van der Waals surface area contributed by atoms with Gasteiger partial charge in [0.25, 0.3) is 0 Å². The second-order valence-corrected chi connectivity index (χ2v) is 6.71. The summed E-state index contributed by atoms with van der Waals surface area (Å²) < 4.78 is 2.11. The molecule has 0 spiro atoms. The first kappa shape index (κ1) is 14.3. The van der Waals surface area contributed by atoms with Crippen LogP contribution in [0.15, 0.2) is 42.6 Å². The number of anilines is 1. The Bertz CT molecular complexity index is 881. The Morgan fingerprint density at radius 1 is 1.22 bits per heavy atom. The Kier molecular flexibility index (Phi) is 3.00. The quantitative estimate of drug-likeness (QED) is 0.724. The van der Waals surface area contributed by atoms with E-state index in [-0.39, 0.29) is 6.04 Å². The van der Waals surface area contributed by atoms with E-state index in [1.54, 1.807) is 0 Å². The van der Waals surface area contributed by atoms with Crippen LogP contribution in [0.3, 0.4) is 0 Å². The molecule has 4 heteroatoms. The van der Waals surface area contributed by atoms with Crippen molar-refractivity contribution in [3.05, 3.63) is 65.1 Å². The highest BCUT2D eigenvalue weighted by Gasteiger charge is 2.39. The zero-order valence-electron chi connectivity index (χ0n) is 13.7. The van der Waals surface area contributed by atoms with Gasteiger partial charge in [-0.05, 0) is 38.0 Å². The number of aromatic nitrogens is 2. The summed E-state index contributed by atoms with van der Waals surface area (Å²) >= 11 is 0. The Morgan fingerprint density at radius 3 is 2.70 bits per heavy atom. The van der Waals surface area contributed by atoms with Crippen molar-refractivity contribution >= 4 is 11.3 Å². The number of rotatable bonds is 1. The monoisotopic (exact) mass is 307 g/mol. The molecule has 0 saturated carbocycles. The van der Waals surface area contributed by atoms with Gasteiger partial charge in [0.1, 0.15) is 0 Å². The lowest BCUT2D eigenvalue weighted by atomic mass is 9.81. The molecule has 0 aliphatic carbocycles. The molecular formula is C19H21N3O. The minimum atomic E-state index is -0.844. The van der Waals surface area contributed by atoms with Crippen molar-refractivity contribution in [1.82, 2.24) is 9.38 Å². The van der Waals surface area contributed by atoms with E-state index in [4.69, 9.17) is 4.98 Å². The molecule has 0 amide bonds. The fraction of sp³-hybridized carbons (Fsp3) is 0.316. The van der Waals surface area contributed by atoms with Crippen molar-refractivity contribution in [2.45, 2.75) is 38.8 Å². The Balaban J connectivity index is 1.89. The van der Waals surface area contributed by atoms with Crippen LogP contribution in [-0.2, 0) is 6.42 Å². The summed E-state index contributed by atoms with van der Waals surface area (Å²) in [5, 5.41) is 14.5. The smallest absolute Gasteiger partial charge is 0.161 e. The number of pyridine rings is 1. The first-order valence-corrected chi connectivity index (χ1v) is 7.98. The van der Waals surface area contributed by atoms with Crippen molar-refractivity contribution < 1.29 is 5.11 Å². The molecule has 1 aliphatic heterocycles. The lowest BCUT2D eigenvalue weighted by Gasteiger charge is -2.39. The second-order valence-electron chi connectivity index (χ2n) is 6.71. The molecule has 23 heavy (non-hydrogen) atoms. The lowest BCUT2D eigenvalue weighted by Crippen LogP contribution is -2.43. The zero-order valence-corrected chi connectivity index (χ0v) is 13.7. The van der Waals surface area contributed by atoms with Gasteiger partial charge in [0.05, 0.1) is 23.0 Å². The predicted octanol–water partition coefficient (Wildman–Crippen LogP) is 3.41. The van der Waals surface area contributed by atoms with Gasteiger partial charge >= 0.3 is 0 Å². The van der Waals surface area contributed by atoms with E-state index < -0.39 is 5.60 Å². The molecule has 3 aromatic rings. The summed E-state index contributed by atoms with van der Waals surface area (Å²) in [6.45, 7) is 6.00. The summed E-state index contributed by atoms with van der Waals surface area (Å²) in [7, 11) is 0. The minimum Gasteiger partial charge on any atom is -0.387 e. The number of aliphatic hydroxyl groups is 1. The number of hydrogen-bond donors (Lipinski definition) is 2. The third-order valence-corrected chi connectivity index (χ3v) is 4.95. The number of nitrogens with one attached hydrogen (secondary N) is 1. The van der Waals surface area contributed by atoms with Gasteiger partial charge in [-0.2, -0.15) is 0 Å². The van der Waals surface area contributed by atoms with Gasteiger partial charge in [0.2, 0.25) is 0 Å². The van der Waals surface area contributed by atoms with E-state index in [0.29, 0.717) is 6.42 Å². The number of imidazole rings is 1. The zero-order chi connectivity index (χ0) is 16.2. The van der Waals surface area contributed by atoms with Crippen molar-refractivity contribution in [1.29, 1.82) is 0 Å². The molecule has 0 unspecified atom stereocenters. The van der Waals surface area contributed by atoms with Crippen LogP contribution in [0.4, 0.5) is 5.69 Å². The van der Waals surface area contributed by atoms with Gasteiger partial charge in [-0.3, -0.25) is 0 Å². The second kappa shape index (κ2) is 4.83. The summed E-state index contributed by atoms with van der Waals surface area (Å²) in [6.07, 6.45) is 2.65. The summed E-state index contributed by atoms with van der Waals surface area (Å²) in [5.74, 6) is 0. The Morgan fingerprint density at radius 2 is 1.96 bits per heavy atom. The van der Waals surface area contributed by atoms with Crippen molar-refractivity contribution in [2.24, 2.45) is 0 Å². The molecule has 2 aromatic heterocycles. The SMILES string of the molecule is Cc1nc2c3c(ccn2c1C)C[C@](C)(O)[C@@H](c1ccccc1)N3. The predicted molar refractivity (Wildman–Crippen MR) is 91.8 cm³/mol. The maximum absolute atomic E-state index is 11.0. The van der Waals surface area contributed by atoms with E-state index in [2.05, 4.69) is 34.8 Å². The summed E-state index contributed by atoms with van der Waals surface area (Å²) in [5.41, 5.74) is 5.51. The molecule has 0 bridgehead atoms. The number of hydrogen-bond acceptors (Lipinski definition) is 3. The van der Waals surface area contributed by atoms with Crippen molar-refractivity contribution in [2.75, 3.05) is 5.32 Å². The topological polar surface area (TPSA) is 49.6 Å². The normalized spacial score (nSPS) is 23.6. The van der Waals surface area contributed by atoms with Crippen molar-refractivity contribution in [3.8, 4) is 0 Å². The Hall–Kier alpha value is -2.33. The maximum Gasteiger partial charge on any atom is 0.161 e. The molecule has 0 fully saturated rings. The number of nitrogens with zero attached hydrogens (tertiary/aromatic N) is 2. The number of aryl methyl sites for hydroxylation is 2. The van der Waals surface area contributed by atoms with Crippen LogP contribution in [-0.4, -0.2) is 20.1 Å². The average Bonchev–Trinajstić information content (AvgIpc) is 2.82. The molecule has 118 valence electrons. The lowest BCUT2D eigenvalue weighted by molar-refractivity contribution is 0.0357. The number of fused-ring (bicyclic) bond motifs is 3. The maximum atomic E-state index is 11.0. The first-order valence-electron chi connectivity index (χ1n) is 7.98. The molecule has 1 aliphatic rings. The third kappa shape index (κ3) is 2.13. The van der Waals surface area contributed by atoms with Crippen LogP contribution in [0, 0.1) is 13.8 Å². The van der Waals surface area contributed by atoms with Crippen LogP contribution in [0.1, 0.15) is 35.5 Å². The van der Waals surface area contributed by atoms with Crippen LogP contribution in [0.25, 0.3) is 5.65 Å². The molecular weight excluding hydrogens is 286 g/mol. The summed E-state index contributed by atoms with van der Waals surface area (Å²) in [4.78, 5) is 4.72. The van der Waals surface area contributed by atoms with Gasteiger partial charge in [-0.15, -0.1) is 0 Å². The van der Waals surface area contributed by atoms with Gasteiger partial charge < -0.3 is 14.8 Å². The molecule has 0 saturated heterocycles. The minimum absolute atomic E-state index is 0.153. The van der Waals surface area contributed by atoms with E-state index in [0.717, 1.165) is 33.8 Å². The molecule has 3 heterocycles. The molecule has 2 N–H and O–H groups in total. The van der Waals surface area contributed by atoms with Crippen LogP contribution in [0.2, 0.25) is 0 Å². The highest BCUT2D eigenvalue weighted by atomic mass is 16.3. The van der Waals surface area contributed by atoms with Crippen molar-refractivity contribution in [3.63, 3.8) is 0 Å².